The molecule has 0 aromatic heterocycles. The van der Waals surface area contributed by atoms with Crippen LogP contribution in [0.3, 0.4) is 0 Å². The summed E-state index contributed by atoms with van der Waals surface area (Å²) >= 11 is 0. The van der Waals surface area contributed by atoms with Crippen molar-refractivity contribution in [2.45, 2.75) is 83.8 Å². The van der Waals surface area contributed by atoms with Crippen LogP contribution in [0.2, 0.25) is 0 Å². The lowest BCUT2D eigenvalue weighted by Gasteiger charge is -2.16. The van der Waals surface area contributed by atoms with Gasteiger partial charge in [0.15, 0.2) is 0 Å². The molecular formula is C15H30N2O. The van der Waals surface area contributed by atoms with Crippen molar-refractivity contribution in [3.63, 3.8) is 0 Å². The van der Waals surface area contributed by atoms with Crippen LogP contribution in [0, 0.1) is 11.3 Å². The molecule has 0 spiro atoms. The Kier molecular flexibility index (Phi) is 10.0. The Morgan fingerprint density at radius 3 is 2.56 bits per heavy atom. The molecule has 0 radical (unpaired) electrons. The third kappa shape index (κ3) is 10.6. The van der Waals surface area contributed by atoms with E-state index in [4.69, 9.17) is 15.7 Å². The fourth-order valence-corrected chi connectivity index (χ4v) is 1.88. The number of hydrogen-bond acceptors (Lipinski definition) is 3. The van der Waals surface area contributed by atoms with Crippen LogP contribution in [0.15, 0.2) is 0 Å². The maximum absolute atomic E-state index is 8.77. The van der Waals surface area contributed by atoms with Crippen molar-refractivity contribution >= 4 is 0 Å². The molecule has 3 heteroatoms. The van der Waals surface area contributed by atoms with Gasteiger partial charge in [0.2, 0.25) is 0 Å². The molecule has 106 valence electrons. The van der Waals surface area contributed by atoms with Crippen LogP contribution in [0.4, 0.5) is 0 Å². The first kappa shape index (κ1) is 17.4. The molecule has 0 aromatic carbocycles. The molecular weight excluding hydrogens is 224 g/mol. The van der Waals surface area contributed by atoms with E-state index < -0.39 is 5.54 Å². The van der Waals surface area contributed by atoms with Crippen molar-refractivity contribution in [1.29, 1.82) is 5.26 Å². The smallest absolute Gasteiger partial charge is 0.101 e. The van der Waals surface area contributed by atoms with E-state index in [0.29, 0.717) is 6.10 Å². The molecule has 2 unspecified atom stereocenters. The first-order chi connectivity index (χ1) is 8.52. The lowest BCUT2D eigenvalue weighted by Crippen LogP contribution is -2.33. The largest absolute Gasteiger partial charge is 0.379 e. The summed E-state index contributed by atoms with van der Waals surface area (Å²) in [6, 6.07) is 2.12. The van der Waals surface area contributed by atoms with Crippen molar-refractivity contribution in [2.75, 3.05) is 6.61 Å². The Bertz CT molecular complexity index is 233. The Balaban J connectivity index is 3.36. The highest BCUT2D eigenvalue weighted by Crippen LogP contribution is 2.11. The van der Waals surface area contributed by atoms with Crippen molar-refractivity contribution in [1.82, 2.24) is 0 Å². The minimum atomic E-state index is -0.675. The van der Waals surface area contributed by atoms with Gasteiger partial charge in [-0.2, -0.15) is 5.26 Å². The topological polar surface area (TPSA) is 59.0 Å². The average molecular weight is 254 g/mol. The van der Waals surface area contributed by atoms with Crippen molar-refractivity contribution < 1.29 is 4.74 Å². The summed E-state index contributed by atoms with van der Waals surface area (Å²) in [4.78, 5) is 0. The van der Waals surface area contributed by atoms with Crippen LogP contribution >= 0.6 is 0 Å². The second-order valence-electron chi connectivity index (χ2n) is 5.52. The molecule has 0 amide bonds. The third-order valence-electron chi connectivity index (χ3n) is 3.21. The first-order valence-corrected chi connectivity index (χ1v) is 7.33. The zero-order chi connectivity index (χ0) is 13.9. The third-order valence-corrected chi connectivity index (χ3v) is 3.21. The highest BCUT2D eigenvalue weighted by Gasteiger charge is 2.15. The van der Waals surface area contributed by atoms with Gasteiger partial charge in [-0.25, -0.2) is 0 Å². The standard InChI is InChI=1S/C15H30N2O/c1-4-5-6-7-10-14(2)18-12-9-8-11-15(3,17)13-16/h14H,4-12,17H2,1-3H3. The van der Waals surface area contributed by atoms with Crippen molar-refractivity contribution in [3.05, 3.63) is 0 Å². The molecule has 0 saturated heterocycles. The summed E-state index contributed by atoms with van der Waals surface area (Å²) in [5, 5.41) is 8.77. The lowest BCUT2D eigenvalue weighted by molar-refractivity contribution is 0.0554. The monoisotopic (exact) mass is 254 g/mol. The van der Waals surface area contributed by atoms with E-state index in [1.165, 1.54) is 25.7 Å². The SMILES string of the molecule is CCCCCCC(C)OCCCCC(C)(N)C#N. The number of hydrogen-bond donors (Lipinski definition) is 1. The number of unbranched alkanes of at least 4 members (excludes halogenated alkanes) is 4. The molecule has 0 aliphatic rings. The van der Waals surface area contributed by atoms with E-state index in [1.54, 1.807) is 6.92 Å². The lowest BCUT2D eigenvalue weighted by atomic mass is 9.98. The molecule has 2 atom stereocenters. The minimum Gasteiger partial charge on any atom is -0.379 e. The Labute approximate surface area is 113 Å². The van der Waals surface area contributed by atoms with E-state index in [1.807, 2.05) is 0 Å². The zero-order valence-electron chi connectivity index (χ0n) is 12.4. The Morgan fingerprint density at radius 1 is 1.22 bits per heavy atom. The summed E-state index contributed by atoms with van der Waals surface area (Å²) in [5.74, 6) is 0. The zero-order valence-corrected chi connectivity index (χ0v) is 12.4. The van der Waals surface area contributed by atoms with Gasteiger partial charge in [-0.15, -0.1) is 0 Å². The van der Waals surface area contributed by atoms with E-state index in [9.17, 15) is 0 Å². The predicted molar refractivity (Wildman–Crippen MR) is 76.2 cm³/mol. The van der Waals surface area contributed by atoms with Gasteiger partial charge in [-0.3, -0.25) is 0 Å². The van der Waals surface area contributed by atoms with Gasteiger partial charge in [-0.05, 0) is 39.5 Å². The number of nitrogens with two attached hydrogens (primary N) is 1. The van der Waals surface area contributed by atoms with Crippen LogP contribution in [0.5, 0.6) is 0 Å². The summed E-state index contributed by atoms with van der Waals surface area (Å²) < 4.78 is 5.75. The van der Waals surface area contributed by atoms with Crippen LogP contribution in [-0.2, 0) is 4.74 Å². The molecule has 0 heterocycles. The summed E-state index contributed by atoms with van der Waals surface area (Å²) in [5.41, 5.74) is 5.08. The van der Waals surface area contributed by atoms with Crippen molar-refractivity contribution in [3.8, 4) is 6.07 Å². The van der Waals surface area contributed by atoms with E-state index in [2.05, 4.69) is 19.9 Å². The Hall–Kier alpha value is -0.590. The van der Waals surface area contributed by atoms with Gasteiger partial charge in [0.05, 0.1) is 12.2 Å². The van der Waals surface area contributed by atoms with Gasteiger partial charge in [-0.1, -0.05) is 32.6 Å². The van der Waals surface area contributed by atoms with Gasteiger partial charge in [0.1, 0.15) is 5.54 Å². The fraction of sp³-hybridized carbons (Fsp3) is 0.933. The average Bonchev–Trinajstić information content (AvgIpc) is 2.34. The molecule has 0 aromatic rings. The minimum absolute atomic E-state index is 0.363. The molecule has 0 bridgehead atoms. The normalized spacial score (nSPS) is 15.9. The number of nitriles is 1. The number of ether oxygens (including phenoxy) is 1. The van der Waals surface area contributed by atoms with E-state index in [-0.39, 0.29) is 0 Å². The molecule has 3 nitrogen and oxygen atoms in total. The molecule has 0 aliphatic heterocycles. The summed E-state index contributed by atoms with van der Waals surface area (Å²) in [6.07, 6.45) is 9.42. The van der Waals surface area contributed by atoms with Gasteiger partial charge >= 0.3 is 0 Å². The second-order valence-corrected chi connectivity index (χ2v) is 5.52. The Morgan fingerprint density at radius 2 is 1.94 bits per heavy atom. The van der Waals surface area contributed by atoms with Crippen molar-refractivity contribution in [2.24, 2.45) is 5.73 Å². The highest BCUT2D eigenvalue weighted by atomic mass is 16.5. The second kappa shape index (κ2) is 10.3. The van der Waals surface area contributed by atoms with Gasteiger partial charge < -0.3 is 10.5 Å². The van der Waals surface area contributed by atoms with E-state index in [0.717, 1.165) is 32.3 Å². The number of nitrogens with zero attached hydrogens (tertiary/aromatic N) is 1. The molecule has 0 fully saturated rings. The molecule has 0 rings (SSSR count). The maximum Gasteiger partial charge on any atom is 0.101 e. The highest BCUT2D eigenvalue weighted by molar-refractivity contribution is 5.00. The van der Waals surface area contributed by atoms with Crippen LogP contribution < -0.4 is 5.73 Å². The molecule has 2 N–H and O–H groups in total. The van der Waals surface area contributed by atoms with E-state index >= 15 is 0 Å². The molecule has 0 aliphatic carbocycles. The van der Waals surface area contributed by atoms with Gasteiger partial charge in [0.25, 0.3) is 0 Å². The molecule has 18 heavy (non-hydrogen) atoms. The maximum atomic E-state index is 8.77. The summed E-state index contributed by atoms with van der Waals surface area (Å²) in [6.45, 7) is 6.95. The summed E-state index contributed by atoms with van der Waals surface area (Å²) in [7, 11) is 0. The van der Waals surface area contributed by atoms with Gasteiger partial charge in [0, 0.05) is 6.61 Å². The molecule has 0 saturated carbocycles. The first-order valence-electron chi connectivity index (χ1n) is 7.33. The van der Waals surface area contributed by atoms with Crippen LogP contribution in [0.25, 0.3) is 0 Å². The number of rotatable bonds is 11. The van der Waals surface area contributed by atoms with Crippen LogP contribution in [0.1, 0.15) is 72.1 Å². The quantitative estimate of drug-likeness (QED) is 0.571. The predicted octanol–water partition coefficient (Wildman–Crippen LogP) is 3.77. The fourth-order valence-electron chi connectivity index (χ4n) is 1.88. The van der Waals surface area contributed by atoms with Crippen LogP contribution in [-0.4, -0.2) is 18.2 Å².